The number of fused-ring (bicyclic) bond motifs is 1. The zero-order chi connectivity index (χ0) is 31.4. The summed E-state index contributed by atoms with van der Waals surface area (Å²) >= 11 is 0. The number of carbonyl (C=O) groups is 3. The van der Waals surface area contributed by atoms with Gasteiger partial charge in [-0.25, -0.2) is 4.79 Å². The van der Waals surface area contributed by atoms with Crippen molar-refractivity contribution in [3.05, 3.63) is 102 Å². The number of phenols is 2. The van der Waals surface area contributed by atoms with Crippen LogP contribution in [0.4, 0.5) is 10.5 Å². The zero-order valence-electron chi connectivity index (χ0n) is 25.0. The van der Waals surface area contributed by atoms with E-state index in [1.54, 1.807) is 49.9 Å². The van der Waals surface area contributed by atoms with Crippen LogP contribution < -0.4 is 10.6 Å². The van der Waals surface area contributed by atoms with Crippen molar-refractivity contribution in [1.82, 2.24) is 10.2 Å². The van der Waals surface area contributed by atoms with Crippen LogP contribution in [0.25, 0.3) is 10.8 Å². The van der Waals surface area contributed by atoms with Gasteiger partial charge in [-0.3, -0.25) is 9.59 Å². The summed E-state index contributed by atoms with van der Waals surface area (Å²) in [6.45, 7) is 5.20. The molecule has 9 nitrogen and oxygen atoms in total. The van der Waals surface area contributed by atoms with Crippen LogP contribution in [0.1, 0.15) is 50.8 Å². The normalized spacial score (nSPS) is 14.3. The Kier molecular flexibility index (Phi) is 8.76. The van der Waals surface area contributed by atoms with Crippen LogP contribution in [-0.2, 0) is 20.7 Å². The number of amides is 3. The fraction of sp³-hybridized carbons (Fsp3) is 0.286. The Balaban J connectivity index is 1.50. The first kappa shape index (κ1) is 30.4. The largest absolute Gasteiger partial charge is 0.508 e. The van der Waals surface area contributed by atoms with Crippen LogP contribution in [0.2, 0.25) is 0 Å². The average molecular weight is 596 g/mol. The number of anilines is 1. The van der Waals surface area contributed by atoms with Gasteiger partial charge in [0.05, 0.1) is 0 Å². The van der Waals surface area contributed by atoms with Gasteiger partial charge >= 0.3 is 6.09 Å². The van der Waals surface area contributed by atoms with E-state index in [0.29, 0.717) is 29.7 Å². The molecular formula is C35H37N3O6. The highest BCUT2D eigenvalue weighted by Crippen LogP contribution is 2.37. The maximum atomic E-state index is 14.5. The lowest BCUT2D eigenvalue weighted by Crippen LogP contribution is -2.54. The van der Waals surface area contributed by atoms with Crippen molar-refractivity contribution in [2.75, 3.05) is 5.32 Å². The van der Waals surface area contributed by atoms with Crippen molar-refractivity contribution in [1.29, 1.82) is 0 Å². The van der Waals surface area contributed by atoms with E-state index in [1.807, 2.05) is 42.5 Å². The Morgan fingerprint density at radius 3 is 2.09 bits per heavy atom. The first-order valence-electron chi connectivity index (χ1n) is 14.6. The molecule has 4 N–H and O–H groups in total. The Bertz CT molecular complexity index is 1640. The van der Waals surface area contributed by atoms with E-state index < -0.39 is 35.6 Å². The summed E-state index contributed by atoms with van der Waals surface area (Å²) in [7, 11) is 0. The average Bonchev–Trinajstić information content (AvgIpc) is 3.81. The van der Waals surface area contributed by atoms with Gasteiger partial charge in [0.1, 0.15) is 29.2 Å². The Hall–Kier alpha value is -5.05. The summed E-state index contributed by atoms with van der Waals surface area (Å²) in [4.78, 5) is 43.1. The molecule has 1 fully saturated rings. The molecule has 1 aliphatic carbocycles. The molecule has 228 valence electrons. The quantitative estimate of drug-likeness (QED) is 0.186. The van der Waals surface area contributed by atoms with E-state index in [9.17, 15) is 24.6 Å². The van der Waals surface area contributed by atoms with E-state index in [2.05, 4.69) is 10.6 Å². The topological polar surface area (TPSA) is 128 Å². The molecule has 0 spiro atoms. The highest BCUT2D eigenvalue weighted by molar-refractivity contribution is 6.00. The molecule has 3 amide bonds. The maximum Gasteiger partial charge on any atom is 0.408 e. The molecule has 0 heterocycles. The number of carbonyl (C=O) groups excluding carboxylic acids is 3. The number of rotatable bonds is 9. The van der Waals surface area contributed by atoms with Gasteiger partial charge in [0.2, 0.25) is 5.91 Å². The molecule has 44 heavy (non-hydrogen) atoms. The standard InChI is InChI=1S/C35H37N3O6/c1-35(2,3)44-34(43)37-30(20-22-8-16-28(39)17-9-22)33(42)38(27-14-15-27)31(24-11-18-29(40)19-12-24)32(41)36-26-13-10-23-6-4-5-7-25(23)21-26/h4-13,16-19,21,27,30-31,39-40H,14-15,20H2,1-3H3,(H,36,41)(H,37,43). The van der Waals surface area contributed by atoms with Gasteiger partial charge in [-0.2, -0.15) is 0 Å². The van der Waals surface area contributed by atoms with Gasteiger partial charge < -0.3 is 30.5 Å². The Morgan fingerprint density at radius 2 is 1.48 bits per heavy atom. The number of phenolic OH excluding ortho intramolecular Hbond substituents is 2. The molecule has 0 aliphatic heterocycles. The number of alkyl carbamates (subject to hydrolysis) is 1. The highest BCUT2D eigenvalue weighted by Gasteiger charge is 2.44. The monoisotopic (exact) mass is 595 g/mol. The van der Waals surface area contributed by atoms with Crippen molar-refractivity contribution in [3.63, 3.8) is 0 Å². The molecule has 4 aromatic rings. The maximum absolute atomic E-state index is 14.5. The minimum atomic E-state index is -1.07. The minimum Gasteiger partial charge on any atom is -0.508 e. The van der Waals surface area contributed by atoms with Crippen molar-refractivity contribution >= 4 is 34.4 Å². The summed E-state index contributed by atoms with van der Waals surface area (Å²) < 4.78 is 5.48. The van der Waals surface area contributed by atoms with Crippen LogP contribution >= 0.6 is 0 Å². The second-order valence-electron chi connectivity index (χ2n) is 12.1. The van der Waals surface area contributed by atoms with E-state index in [-0.39, 0.29) is 24.0 Å². The van der Waals surface area contributed by atoms with Crippen LogP contribution in [0.5, 0.6) is 11.5 Å². The number of nitrogens with one attached hydrogen (secondary N) is 2. The number of hydrogen-bond acceptors (Lipinski definition) is 6. The fourth-order valence-corrected chi connectivity index (χ4v) is 5.14. The van der Waals surface area contributed by atoms with E-state index in [4.69, 9.17) is 4.74 Å². The minimum absolute atomic E-state index is 0.0311. The Labute approximate surface area is 256 Å². The lowest BCUT2D eigenvalue weighted by molar-refractivity contribution is -0.141. The van der Waals surface area contributed by atoms with Gasteiger partial charge in [0.15, 0.2) is 0 Å². The molecule has 4 aromatic carbocycles. The number of ether oxygens (including phenoxy) is 1. The second kappa shape index (κ2) is 12.7. The van der Waals surface area contributed by atoms with Crippen molar-refractivity contribution in [3.8, 4) is 11.5 Å². The second-order valence-corrected chi connectivity index (χ2v) is 12.1. The summed E-state index contributed by atoms with van der Waals surface area (Å²) in [5.41, 5.74) is 1.01. The summed E-state index contributed by atoms with van der Waals surface area (Å²) in [5, 5.41) is 27.5. The lowest BCUT2D eigenvalue weighted by Gasteiger charge is -2.35. The predicted molar refractivity (Wildman–Crippen MR) is 168 cm³/mol. The third-order valence-electron chi connectivity index (χ3n) is 7.31. The van der Waals surface area contributed by atoms with Gasteiger partial charge in [0, 0.05) is 18.2 Å². The number of aromatic hydroxyl groups is 2. The van der Waals surface area contributed by atoms with E-state index in [1.165, 1.54) is 24.3 Å². The lowest BCUT2D eigenvalue weighted by atomic mass is 9.99. The van der Waals surface area contributed by atoms with Gasteiger partial charge in [-0.05, 0) is 91.9 Å². The highest BCUT2D eigenvalue weighted by atomic mass is 16.6. The molecule has 2 unspecified atom stereocenters. The van der Waals surface area contributed by atoms with Crippen LogP contribution in [0.15, 0.2) is 91.0 Å². The molecule has 0 bridgehead atoms. The van der Waals surface area contributed by atoms with Gasteiger partial charge in [-0.1, -0.05) is 54.6 Å². The van der Waals surface area contributed by atoms with Gasteiger partial charge in [-0.15, -0.1) is 0 Å². The Morgan fingerprint density at radius 1 is 0.864 bits per heavy atom. The molecule has 2 atom stereocenters. The molecule has 9 heteroatoms. The molecule has 0 radical (unpaired) electrons. The van der Waals surface area contributed by atoms with E-state index in [0.717, 1.165) is 10.8 Å². The van der Waals surface area contributed by atoms with E-state index >= 15 is 0 Å². The smallest absolute Gasteiger partial charge is 0.408 e. The van der Waals surface area contributed by atoms with Crippen LogP contribution in [-0.4, -0.2) is 50.7 Å². The summed E-state index contributed by atoms with van der Waals surface area (Å²) in [6.07, 6.45) is 0.743. The van der Waals surface area contributed by atoms with Gasteiger partial charge in [0.25, 0.3) is 5.91 Å². The number of benzene rings is 4. The molecule has 1 saturated carbocycles. The molecule has 0 aromatic heterocycles. The van der Waals surface area contributed by atoms with Crippen molar-refractivity contribution < 1.29 is 29.3 Å². The van der Waals surface area contributed by atoms with Crippen molar-refractivity contribution in [2.24, 2.45) is 0 Å². The molecular weight excluding hydrogens is 558 g/mol. The van der Waals surface area contributed by atoms with Crippen molar-refractivity contribution in [2.45, 2.75) is 63.8 Å². The third-order valence-corrected chi connectivity index (χ3v) is 7.31. The van der Waals surface area contributed by atoms with Crippen LogP contribution in [0, 0.1) is 0 Å². The predicted octanol–water partition coefficient (Wildman–Crippen LogP) is 6.06. The SMILES string of the molecule is CC(C)(C)OC(=O)NC(Cc1ccc(O)cc1)C(=O)N(C1CC1)C(C(=O)Nc1ccc2ccccc2c1)c1ccc(O)cc1. The molecule has 0 saturated heterocycles. The van der Waals surface area contributed by atoms with Crippen LogP contribution in [0.3, 0.4) is 0 Å². The summed E-state index contributed by atoms with van der Waals surface area (Å²) in [5.74, 6) is -0.761. The number of hydrogen-bond donors (Lipinski definition) is 4. The fourth-order valence-electron chi connectivity index (χ4n) is 5.14. The third kappa shape index (κ3) is 7.66. The zero-order valence-corrected chi connectivity index (χ0v) is 25.0. The first-order chi connectivity index (χ1) is 21.0. The number of nitrogens with zero attached hydrogens (tertiary/aromatic N) is 1. The molecule has 5 rings (SSSR count). The first-order valence-corrected chi connectivity index (χ1v) is 14.6. The molecule has 1 aliphatic rings. The summed E-state index contributed by atoms with van der Waals surface area (Å²) in [6, 6.07) is 23.7.